The number of carbonyl (C=O) groups excluding carboxylic acids is 1. The van der Waals surface area contributed by atoms with Gasteiger partial charge in [0.05, 0.1) is 12.6 Å². The molecule has 0 saturated heterocycles. The van der Waals surface area contributed by atoms with Crippen LogP contribution in [0.2, 0.25) is 0 Å². The van der Waals surface area contributed by atoms with E-state index < -0.39 is 0 Å². The highest BCUT2D eigenvalue weighted by Gasteiger charge is 2.13. The summed E-state index contributed by atoms with van der Waals surface area (Å²) in [6.45, 7) is 3.95. The molecular weight excluding hydrogens is 142 g/mol. The fourth-order valence-electron chi connectivity index (χ4n) is 0.935. The minimum absolute atomic E-state index is 0.0406. The molecule has 0 aliphatic rings. The lowest BCUT2D eigenvalue weighted by atomic mass is 10.00. The molecule has 0 aliphatic heterocycles. The second-order valence-electron chi connectivity index (χ2n) is 3.18. The van der Waals surface area contributed by atoms with Crippen molar-refractivity contribution in [2.45, 2.75) is 32.7 Å². The maximum Gasteiger partial charge on any atom is 0.151 e. The molecule has 3 heteroatoms. The number of nitrogens with two attached hydrogens (primary N) is 1. The third-order valence-corrected chi connectivity index (χ3v) is 1.50. The zero-order chi connectivity index (χ0) is 8.85. The molecular formula is C8H17NO2. The Morgan fingerprint density at radius 2 is 2.09 bits per heavy atom. The molecule has 3 nitrogen and oxygen atoms in total. The van der Waals surface area contributed by atoms with E-state index >= 15 is 0 Å². The standard InChI is InChI=1S/C8H17NO2/c1-6(2)5-7(9)8(11)3-4-10/h6-7,10H,3-5,9H2,1-2H3. The first-order valence-electron chi connectivity index (χ1n) is 3.97. The van der Waals surface area contributed by atoms with Gasteiger partial charge in [-0.3, -0.25) is 4.79 Å². The summed E-state index contributed by atoms with van der Waals surface area (Å²) < 4.78 is 0. The second-order valence-corrected chi connectivity index (χ2v) is 3.18. The predicted molar refractivity (Wildman–Crippen MR) is 44.1 cm³/mol. The lowest BCUT2D eigenvalue weighted by molar-refractivity contribution is -0.121. The van der Waals surface area contributed by atoms with Gasteiger partial charge in [-0.2, -0.15) is 0 Å². The van der Waals surface area contributed by atoms with E-state index in [1.54, 1.807) is 0 Å². The molecule has 3 N–H and O–H groups in total. The van der Waals surface area contributed by atoms with Crippen LogP contribution in [0.4, 0.5) is 0 Å². The first-order valence-corrected chi connectivity index (χ1v) is 3.97. The van der Waals surface area contributed by atoms with Gasteiger partial charge in [0.15, 0.2) is 5.78 Å². The average molecular weight is 159 g/mol. The summed E-state index contributed by atoms with van der Waals surface area (Å²) >= 11 is 0. The molecule has 0 spiro atoms. The van der Waals surface area contributed by atoms with Crippen LogP contribution in [0.3, 0.4) is 0 Å². The molecule has 11 heavy (non-hydrogen) atoms. The van der Waals surface area contributed by atoms with Crippen LogP contribution in [0.1, 0.15) is 26.7 Å². The summed E-state index contributed by atoms with van der Waals surface area (Å²) in [6.07, 6.45) is 0.896. The molecule has 1 unspecified atom stereocenters. The summed E-state index contributed by atoms with van der Waals surface area (Å²) in [5.74, 6) is 0.397. The fourth-order valence-corrected chi connectivity index (χ4v) is 0.935. The molecule has 0 radical (unpaired) electrons. The number of aliphatic hydroxyl groups excluding tert-OH is 1. The van der Waals surface area contributed by atoms with Crippen molar-refractivity contribution in [3.05, 3.63) is 0 Å². The zero-order valence-corrected chi connectivity index (χ0v) is 7.21. The number of aliphatic hydroxyl groups is 1. The number of rotatable bonds is 5. The van der Waals surface area contributed by atoms with Crippen LogP contribution in [0, 0.1) is 5.92 Å². The van der Waals surface area contributed by atoms with Crippen molar-refractivity contribution in [1.29, 1.82) is 0 Å². The maximum atomic E-state index is 11.0. The summed E-state index contributed by atoms with van der Waals surface area (Å²) in [5.41, 5.74) is 5.54. The Labute approximate surface area is 67.6 Å². The van der Waals surface area contributed by atoms with Crippen LogP contribution in [0.15, 0.2) is 0 Å². The molecule has 0 saturated carbocycles. The highest BCUT2D eigenvalue weighted by molar-refractivity contribution is 5.83. The van der Waals surface area contributed by atoms with E-state index in [9.17, 15) is 4.79 Å². The normalized spacial score (nSPS) is 13.5. The molecule has 0 heterocycles. The van der Waals surface area contributed by atoms with Gasteiger partial charge in [0, 0.05) is 6.42 Å². The van der Waals surface area contributed by atoms with Crippen molar-refractivity contribution in [3.63, 3.8) is 0 Å². The van der Waals surface area contributed by atoms with E-state index in [-0.39, 0.29) is 24.9 Å². The lowest BCUT2D eigenvalue weighted by Crippen LogP contribution is -2.32. The van der Waals surface area contributed by atoms with E-state index in [0.717, 1.165) is 0 Å². The zero-order valence-electron chi connectivity index (χ0n) is 7.21. The van der Waals surface area contributed by atoms with Gasteiger partial charge >= 0.3 is 0 Å². The van der Waals surface area contributed by atoms with Crippen molar-refractivity contribution >= 4 is 5.78 Å². The Morgan fingerprint density at radius 1 is 1.55 bits per heavy atom. The highest BCUT2D eigenvalue weighted by atomic mass is 16.3. The molecule has 1 atom stereocenters. The van der Waals surface area contributed by atoms with Gasteiger partial charge in [-0.15, -0.1) is 0 Å². The van der Waals surface area contributed by atoms with E-state index in [1.165, 1.54) is 0 Å². The first kappa shape index (κ1) is 10.6. The predicted octanol–water partition coefficient (Wildman–Crippen LogP) is 0.311. The third-order valence-electron chi connectivity index (χ3n) is 1.50. The minimum atomic E-state index is -0.387. The Morgan fingerprint density at radius 3 is 2.45 bits per heavy atom. The molecule has 0 fully saturated rings. The Hall–Kier alpha value is -0.410. The monoisotopic (exact) mass is 159 g/mol. The van der Waals surface area contributed by atoms with Gasteiger partial charge in [-0.25, -0.2) is 0 Å². The van der Waals surface area contributed by atoms with Gasteiger partial charge in [0.2, 0.25) is 0 Å². The molecule has 0 bridgehead atoms. The van der Waals surface area contributed by atoms with Crippen molar-refractivity contribution in [2.24, 2.45) is 11.7 Å². The Kier molecular flexibility index (Phi) is 5.07. The van der Waals surface area contributed by atoms with Crippen LogP contribution in [-0.2, 0) is 4.79 Å². The molecule has 0 aromatic heterocycles. The van der Waals surface area contributed by atoms with Crippen LogP contribution in [0.5, 0.6) is 0 Å². The van der Waals surface area contributed by atoms with Gasteiger partial charge < -0.3 is 10.8 Å². The topological polar surface area (TPSA) is 63.3 Å². The van der Waals surface area contributed by atoms with E-state index in [1.807, 2.05) is 13.8 Å². The van der Waals surface area contributed by atoms with Gasteiger partial charge in [0.1, 0.15) is 0 Å². The van der Waals surface area contributed by atoms with Crippen molar-refractivity contribution in [2.75, 3.05) is 6.61 Å². The summed E-state index contributed by atoms with van der Waals surface area (Å²) in [7, 11) is 0. The molecule has 0 aliphatic carbocycles. The minimum Gasteiger partial charge on any atom is -0.396 e. The van der Waals surface area contributed by atoms with E-state index in [4.69, 9.17) is 10.8 Å². The Bertz CT molecular complexity index is 123. The highest BCUT2D eigenvalue weighted by Crippen LogP contribution is 2.04. The largest absolute Gasteiger partial charge is 0.396 e. The summed E-state index contributed by atoms with van der Waals surface area (Å²) in [5, 5.41) is 8.44. The number of hydrogen-bond donors (Lipinski definition) is 2. The van der Waals surface area contributed by atoms with Crippen molar-refractivity contribution in [1.82, 2.24) is 0 Å². The van der Waals surface area contributed by atoms with Crippen molar-refractivity contribution < 1.29 is 9.90 Å². The van der Waals surface area contributed by atoms with Crippen LogP contribution < -0.4 is 5.73 Å². The van der Waals surface area contributed by atoms with E-state index in [0.29, 0.717) is 12.3 Å². The summed E-state index contributed by atoms with van der Waals surface area (Å²) in [6, 6.07) is -0.387. The van der Waals surface area contributed by atoms with Crippen LogP contribution >= 0.6 is 0 Å². The van der Waals surface area contributed by atoms with Crippen molar-refractivity contribution in [3.8, 4) is 0 Å². The molecule has 0 amide bonds. The van der Waals surface area contributed by atoms with Gasteiger partial charge in [-0.1, -0.05) is 13.8 Å². The Balaban J connectivity index is 3.64. The summed E-state index contributed by atoms with van der Waals surface area (Å²) in [4.78, 5) is 11.0. The number of ketones is 1. The number of Topliss-reactive ketones (excluding diaryl/α,β-unsaturated/α-hetero) is 1. The molecule has 66 valence electrons. The van der Waals surface area contributed by atoms with Gasteiger partial charge in [-0.05, 0) is 12.3 Å². The number of carbonyl (C=O) groups is 1. The lowest BCUT2D eigenvalue weighted by Gasteiger charge is -2.11. The maximum absolute atomic E-state index is 11.0. The van der Waals surface area contributed by atoms with E-state index in [2.05, 4.69) is 0 Å². The van der Waals surface area contributed by atoms with Crippen LogP contribution in [0.25, 0.3) is 0 Å². The average Bonchev–Trinajstić information content (AvgIpc) is 1.86. The smallest absolute Gasteiger partial charge is 0.151 e. The molecule has 0 rings (SSSR count). The molecule has 0 aromatic rings. The second kappa shape index (κ2) is 5.27. The number of hydrogen-bond acceptors (Lipinski definition) is 3. The first-order chi connectivity index (χ1) is 5.07. The third kappa shape index (κ3) is 4.93. The fraction of sp³-hybridized carbons (Fsp3) is 0.875. The molecule has 0 aromatic carbocycles. The van der Waals surface area contributed by atoms with Gasteiger partial charge in [0.25, 0.3) is 0 Å². The van der Waals surface area contributed by atoms with Crippen LogP contribution in [-0.4, -0.2) is 23.5 Å². The SMILES string of the molecule is CC(C)CC(N)C(=O)CCO. The quantitative estimate of drug-likeness (QED) is 0.607.